The van der Waals surface area contributed by atoms with Crippen molar-refractivity contribution in [3.63, 3.8) is 0 Å². The third-order valence-electron chi connectivity index (χ3n) is 3.47. The first-order valence-corrected chi connectivity index (χ1v) is 6.85. The van der Waals surface area contributed by atoms with Crippen LogP contribution in [0.5, 0.6) is 11.5 Å². The molecule has 0 heterocycles. The lowest BCUT2D eigenvalue weighted by atomic mass is 10.0. The van der Waals surface area contributed by atoms with E-state index in [1.54, 1.807) is 6.07 Å². The number of rotatable bonds is 4. The highest BCUT2D eigenvalue weighted by Gasteiger charge is 2.07. The highest BCUT2D eigenvalue weighted by Crippen LogP contribution is 2.29. The minimum absolute atomic E-state index is 0.470. The van der Waals surface area contributed by atoms with E-state index in [9.17, 15) is 4.79 Å². The number of carbonyl (C=O) groups is 1. The molecule has 0 saturated carbocycles. The number of aldehydes is 1. The molecule has 2 aromatic carbocycles. The van der Waals surface area contributed by atoms with Crippen LogP contribution in [0.2, 0.25) is 0 Å². The summed E-state index contributed by atoms with van der Waals surface area (Å²) in [6, 6.07) is 11.8. The van der Waals surface area contributed by atoms with Gasteiger partial charge in [-0.1, -0.05) is 26.0 Å². The zero-order valence-electron chi connectivity index (χ0n) is 12.4. The van der Waals surface area contributed by atoms with Gasteiger partial charge in [0.15, 0.2) is 0 Å². The van der Waals surface area contributed by atoms with Crippen LogP contribution >= 0.6 is 0 Å². The first-order valence-electron chi connectivity index (χ1n) is 6.85. The van der Waals surface area contributed by atoms with E-state index >= 15 is 0 Å². The average Bonchev–Trinajstić information content (AvgIpc) is 2.41. The summed E-state index contributed by atoms with van der Waals surface area (Å²) in [5, 5.41) is 0. The molecule has 2 heteroatoms. The molecule has 0 amide bonds. The Hall–Kier alpha value is -2.09. The van der Waals surface area contributed by atoms with Gasteiger partial charge in [0.2, 0.25) is 0 Å². The van der Waals surface area contributed by atoms with Crippen molar-refractivity contribution in [3.05, 3.63) is 58.7 Å². The van der Waals surface area contributed by atoms with Crippen LogP contribution in [-0.4, -0.2) is 6.29 Å². The first kappa shape index (κ1) is 14.3. The predicted molar refractivity (Wildman–Crippen MR) is 81.9 cm³/mol. The van der Waals surface area contributed by atoms with E-state index < -0.39 is 0 Å². The van der Waals surface area contributed by atoms with Gasteiger partial charge >= 0.3 is 0 Å². The Kier molecular flexibility index (Phi) is 4.23. The molecule has 0 aliphatic heterocycles. The minimum Gasteiger partial charge on any atom is -0.457 e. The lowest BCUT2D eigenvalue weighted by Crippen LogP contribution is -1.94. The van der Waals surface area contributed by atoms with Crippen molar-refractivity contribution in [1.82, 2.24) is 0 Å². The standard InChI is InChI=1S/C18H20O2/c1-12(2)15-6-5-13(3)18(10-15)20-17-8-7-16(11-19)14(4)9-17/h5-12H,1-4H3. The summed E-state index contributed by atoms with van der Waals surface area (Å²) in [5.41, 5.74) is 3.98. The molecule has 2 aromatic rings. The largest absolute Gasteiger partial charge is 0.457 e. The maximum absolute atomic E-state index is 10.8. The van der Waals surface area contributed by atoms with Crippen LogP contribution < -0.4 is 4.74 Å². The van der Waals surface area contributed by atoms with Gasteiger partial charge in [-0.2, -0.15) is 0 Å². The first-order chi connectivity index (χ1) is 9.51. The monoisotopic (exact) mass is 268 g/mol. The fourth-order valence-electron chi connectivity index (χ4n) is 2.06. The summed E-state index contributed by atoms with van der Waals surface area (Å²) < 4.78 is 5.96. The normalized spacial score (nSPS) is 10.7. The van der Waals surface area contributed by atoms with E-state index in [1.165, 1.54) is 5.56 Å². The van der Waals surface area contributed by atoms with E-state index in [-0.39, 0.29) is 0 Å². The van der Waals surface area contributed by atoms with Crippen LogP contribution in [0, 0.1) is 13.8 Å². The molecule has 0 atom stereocenters. The molecule has 0 spiro atoms. The SMILES string of the molecule is Cc1cc(Oc2cc(C(C)C)ccc2C)ccc1C=O. The number of carbonyl (C=O) groups excluding carboxylic acids is 1. The second kappa shape index (κ2) is 5.91. The molecule has 0 radical (unpaired) electrons. The topological polar surface area (TPSA) is 26.3 Å². The Bertz CT molecular complexity index is 627. The molecule has 20 heavy (non-hydrogen) atoms. The summed E-state index contributed by atoms with van der Waals surface area (Å²) in [6.45, 7) is 8.27. The van der Waals surface area contributed by atoms with E-state index in [4.69, 9.17) is 4.74 Å². The van der Waals surface area contributed by atoms with Gasteiger partial charge in [0, 0.05) is 5.56 Å². The minimum atomic E-state index is 0.470. The van der Waals surface area contributed by atoms with E-state index in [1.807, 2.05) is 26.0 Å². The van der Waals surface area contributed by atoms with E-state index in [2.05, 4.69) is 32.0 Å². The molecule has 0 unspecified atom stereocenters. The van der Waals surface area contributed by atoms with Gasteiger partial charge in [-0.05, 0) is 60.7 Å². The van der Waals surface area contributed by atoms with Gasteiger partial charge in [0.1, 0.15) is 17.8 Å². The van der Waals surface area contributed by atoms with Crippen molar-refractivity contribution >= 4 is 6.29 Å². The molecule has 0 aliphatic carbocycles. The summed E-state index contributed by atoms with van der Waals surface area (Å²) in [4.78, 5) is 10.8. The Balaban J connectivity index is 2.31. The van der Waals surface area contributed by atoms with Gasteiger partial charge in [-0.15, -0.1) is 0 Å². The van der Waals surface area contributed by atoms with Crippen LogP contribution in [0.15, 0.2) is 36.4 Å². The number of aryl methyl sites for hydroxylation is 2. The highest BCUT2D eigenvalue weighted by atomic mass is 16.5. The molecular formula is C18H20O2. The van der Waals surface area contributed by atoms with Gasteiger partial charge in [-0.25, -0.2) is 0 Å². The Morgan fingerprint density at radius 1 is 1.00 bits per heavy atom. The van der Waals surface area contributed by atoms with Crippen LogP contribution in [0.25, 0.3) is 0 Å². The smallest absolute Gasteiger partial charge is 0.150 e. The van der Waals surface area contributed by atoms with Gasteiger partial charge in [0.25, 0.3) is 0 Å². The molecule has 0 N–H and O–H groups in total. The van der Waals surface area contributed by atoms with Crippen LogP contribution in [0.1, 0.15) is 46.8 Å². The number of hydrogen-bond donors (Lipinski definition) is 0. The zero-order valence-corrected chi connectivity index (χ0v) is 12.4. The molecule has 0 fully saturated rings. The molecule has 0 saturated heterocycles. The molecular weight excluding hydrogens is 248 g/mol. The zero-order chi connectivity index (χ0) is 14.7. The van der Waals surface area contributed by atoms with Crippen molar-refractivity contribution in [2.24, 2.45) is 0 Å². The van der Waals surface area contributed by atoms with Gasteiger partial charge in [-0.3, -0.25) is 4.79 Å². The second-order valence-electron chi connectivity index (χ2n) is 5.42. The third kappa shape index (κ3) is 3.08. The number of hydrogen-bond acceptors (Lipinski definition) is 2. The second-order valence-corrected chi connectivity index (χ2v) is 5.42. The Morgan fingerprint density at radius 3 is 2.35 bits per heavy atom. The third-order valence-corrected chi connectivity index (χ3v) is 3.47. The molecule has 104 valence electrons. The Morgan fingerprint density at radius 2 is 1.75 bits per heavy atom. The molecule has 0 aromatic heterocycles. The van der Waals surface area contributed by atoms with Crippen LogP contribution in [-0.2, 0) is 0 Å². The van der Waals surface area contributed by atoms with Gasteiger partial charge in [0.05, 0.1) is 0 Å². The van der Waals surface area contributed by atoms with Crippen molar-refractivity contribution in [2.75, 3.05) is 0 Å². The molecule has 2 nitrogen and oxygen atoms in total. The highest BCUT2D eigenvalue weighted by molar-refractivity contribution is 5.77. The summed E-state index contributed by atoms with van der Waals surface area (Å²) >= 11 is 0. The summed E-state index contributed by atoms with van der Waals surface area (Å²) in [6.07, 6.45) is 0.865. The Labute approximate surface area is 120 Å². The van der Waals surface area contributed by atoms with Gasteiger partial charge < -0.3 is 4.74 Å². The maximum atomic E-state index is 10.8. The van der Waals surface area contributed by atoms with Crippen molar-refractivity contribution in [3.8, 4) is 11.5 Å². The lowest BCUT2D eigenvalue weighted by molar-refractivity contribution is 0.112. The summed E-state index contributed by atoms with van der Waals surface area (Å²) in [7, 11) is 0. The van der Waals surface area contributed by atoms with Crippen molar-refractivity contribution < 1.29 is 9.53 Å². The average molecular weight is 268 g/mol. The molecule has 2 rings (SSSR count). The predicted octanol–water partition coefficient (Wildman–Crippen LogP) is 5.03. The number of benzene rings is 2. The molecule has 0 aliphatic rings. The van der Waals surface area contributed by atoms with E-state index in [0.29, 0.717) is 11.5 Å². The van der Waals surface area contributed by atoms with Crippen molar-refractivity contribution in [2.45, 2.75) is 33.6 Å². The lowest BCUT2D eigenvalue weighted by Gasteiger charge is -2.13. The quantitative estimate of drug-likeness (QED) is 0.727. The number of ether oxygens (including phenoxy) is 1. The van der Waals surface area contributed by atoms with Crippen LogP contribution in [0.4, 0.5) is 0 Å². The fourth-order valence-corrected chi connectivity index (χ4v) is 2.06. The summed E-state index contributed by atoms with van der Waals surface area (Å²) in [5.74, 6) is 2.10. The maximum Gasteiger partial charge on any atom is 0.150 e. The van der Waals surface area contributed by atoms with E-state index in [0.717, 1.165) is 28.9 Å². The molecule has 0 bridgehead atoms. The van der Waals surface area contributed by atoms with Crippen molar-refractivity contribution in [1.29, 1.82) is 0 Å². The fraction of sp³-hybridized carbons (Fsp3) is 0.278. The van der Waals surface area contributed by atoms with Crippen LogP contribution in [0.3, 0.4) is 0 Å².